The number of ether oxygens (including phenoxy) is 3. The molecule has 0 fully saturated rings. The summed E-state index contributed by atoms with van der Waals surface area (Å²) in [5.41, 5.74) is -0.673. The number of nitrogens with zero attached hydrogens (tertiary/aromatic N) is 3. The number of hydrogen-bond donors (Lipinski definition) is 1. The first-order valence-electron chi connectivity index (χ1n) is 12.5. The van der Waals surface area contributed by atoms with Crippen LogP contribution in [0.5, 0.6) is 16.7 Å². The minimum absolute atomic E-state index is 0.0178. The van der Waals surface area contributed by atoms with Crippen LogP contribution < -0.4 is 19.5 Å². The molecule has 3 heterocycles. The SMILES string of the molecule is COc1cc(OCc2cccc(NC(=O)c3c(F)cccc3C(F)(F)F)c2)c2cc(-c3cn4nc(OC)sc4n3)oc2c1. The van der Waals surface area contributed by atoms with Crippen molar-refractivity contribution < 1.29 is 41.0 Å². The molecule has 0 saturated heterocycles. The Hall–Kier alpha value is -5.11. The zero-order valence-electron chi connectivity index (χ0n) is 22.4. The molecule has 1 amide bonds. The zero-order valence-corrected chi connectivity index (χ0v) is 23.2. The van der Waals surface area contributed by atoms with Crippen LogP contribution in [0, 0.1) is 5.82 Å². The second kappa shape index (κ2) is 10.9. The summed E-state index contributed by atoms with van der Waals surface area (Å²) in [5, 5.41) is 7.73. The number of methoxy groups -OCH3 is 2. The van der Waals surface area contributed by atoms with Gasteiger partial charge in [0.2, 0.25) is 4.96 Å². The predicted molar refractivity (Wildman–Crippen MR) is 149 cm³/mol. The zero-order chi connectivity index (χ0) is 30.3. The van der Waals surface area contributed by atoms with Crippen LogP contribution in [0.1, 0.15) is 21.5 Å². The lowest BCUT2D eigenvalue weighted by molar-refractivity contribution is -0.138. The maximum Gasteiger partial charge on any atom is 0.417 e. The van der Waals surface area contributed by atoms with E-state index in [0.717, 1.165) is 12.1 Å². The minimum atomic E-state index is -4.91. The van der Waals surface area contributed by atoms with E-state index in [1.165, 1.54) is 37.7 Å². The number of anilines is 1. The number of fused-ring (bicyclic) bond motifs is 2. The Kier molecular flexibility index (Phi) is 7.13. The molecule has 1 N–H and O–H groups in total. The van der Waals surface area contributed by atoms with Crippen molar-refractivity contribution >= 4 is 38.9 Å². The number of imidazole rings is 1. The summed E-state index contributed by atoms with van der Waals surface area (Å²) in [6.45, 7) is 0.0178. The first-order valence-corrected chi connectivity index (χ1v) is 13.4. The number of hydrogen-bond acceptors (Lipinski definition) is 8. The summed E-state index contributed by atoms with van der Waals surface area (Å²) in [4.78, 5) is 17.8. The van der Waals surface area contributed by atoms with E-state index in [4.69, 9.17) is 18.6 Å². The van der Waals surface area contributed by atoms with E-state index >= 15 is 0 Å². The molecule has 0 aliphatic heterocycles. The van der Waals surface area contributed by atoms with Gasteiger partial charge in [0.1, 0.15) is 35.2 Å². The molecule has 43 heavy (non-hydrogen) atoms. The Labute approximate surface area is 244 Å². The lowest BCUT2D eigenvalue weighted by Gasteiger charge is -2.14. The van der Waals surface area contributed by atoms with Crippen molar-refractivity contribution in [3.05, 3.63) is 89.4 Å². The number of benzene rings is 3. The van der Waals surface area contributed by atoms with Crippen LogP contribution in [0.3, 0.4) is 0 Å². The molecule has 0 unspecified atom stereocenters. The van der Waals surface area contributed by atoms with Crippen LogP contribution in [0.25, 0.3) is 27.4 Å². The van der Waals surface area contributed by atoms with Crippen molar-refractivity contribution in [2.75, 3.05) is 19.5 Å². The molecule has 14 heteroatoms. The summed E-state index contributed by atoms with van der Waals surface area (Å²) in [5.74, 6) is -1.12. The number of carbonyl (C=O) groups excluding carboxylic acids is 1. The summed E-state index contributed by atoms with van der Waals surface area (Å²) in [7, 11) is 3.03. The lowest BCUT2D eigenvalue weighted by atomic mass is 10.1. The minimum Gasteiger partial charge on any atom is -0.496 e. The normalized spacial score (nSPS) is 11.7. The van der Waals surface area contributed by atoms with E-state index in [0.29, 0.717) is 55.7 Å². The van der Waals surface area contributed by atoms with Crippen LogP contribution in [-0.4, -0.2) is 34.7 Å². The van der Waals surface area contributed by atoms with Gasteiger partial charge in [0.15, 0.2) is 5.76 Å². The molecule has 0 saturated carbocycles. The molecule has 0 bridgehead atoms. The Morgan fingerprint density at radius 2 is 1.88 bits per heavy atom. The second-order valence-electron chi connectivity index (χ2n) is 9.18. The molecule has 3 aromatic carbocycles. The Morgan fingerprint density at radius 3 is 2.63 bits per heavy atom. The van der Waals surface area contributed by atoms with Gasteiger partial charge in [-0.25, -0.2) is 13.9 Å². The fraction of sp³-hybridized carbons (Fsp3) is 0.138. The Balaban J connectivity index is 1.24. The maximum absolute atomic E-state index is 14.3. The molecule has 6 rings (SSSR count). The third-order valence-electron chi connectivity index (χ3n) is 6.39. The third kappa shape index (κ3) is 5.56. The number of aromatic nitrogens is 3. The summed E-state index contributed by atoms with van der Waals surface area (Å²) < 4.78 is 78.7. The third-order valence-corrected chi connectivity index (χ3v) is 7.27. The van der Waals surface area contributed by atoms with Gasteiger partial charge >= 0.3 is 6.18 Å². The van der Waals surface area contributed by atoms with Gasteiger partial charge in [0.05, 0.1) is 36.9 Å². The van der Waals surface area contributed by atoms with Gasteiger partial charge in [-0.1, -0.05) is 18.2 Å². The van der Waals surface area contributed by atoms with Crippen molar-refractivity contribution in [3.8, 4) is 28.1 Å². The van der Waals surface area contributed by atoms with Crippen LogP contribution in [-0.2, 0) is 12.8 Å². The van der Waals surface area contributed by atoms with Crippen molar-refractivity contribution in [2.24, 2.45) is 0 Å². The fourth-order valence-corrected chi connectivity index (χ4v) is 5.11. The number of amides is 1. The highest BCUT2D eigenvalue weighted by molar-refractivity contribution is 7.18. The first kappa shape index (κ1) is 28.0. The van der Waals surface area contributed by atoms with Crippen LogP contribution in [0.15, 0.2) is 71.3 Å². The van der Waals surface area contributed by atoms with Crippen molar-refractivity contribution in [3.63, 3.8) is 0 Å². The van der Waals surface area contributed by atoms with Crippen LogP contribution in [0.4, 0.5) is 23.2 Å². The Bertz CT molecular complexity index is 1950. The summed E-state index contributed by atoms with van der Waals surface area (Å²) in [6, 6.07) is 13.8. The lowest BCUT2D eigenvalue weighted by Crippen LogP contribution is -2.20. The van der Waals surface area contributed by atoms with Gasteiger partial charge in [0, 0.05) is 17.8 Å². The number of furan rings is 1. The monoisotopic (exact) mass is 612 g/mol. The van der Waals surface area contributed by atoms with E-state index in [2.05, 4.69) is 15.4 Å². The van der Waals surface area contributed by atoms with E-state index in [-0.39, 0.29) is 12.3 Å². The molecule has 0 spiro atoms. The first-order chi connectivity index (χ1) is 20.6. The van der Waals surface area contributed by atoms with Gasteiger partial charge in [-0.2, -0.15) is 13.2 Å². The van der Waals surface area contributed by atoms with Crippen molar-refractivity contribution in [1.82, 2.24) is 14.6 Å². The topological polar surface area (TPSA) is 100 Å². The number of carbonyl (C=O) groups is 1. The average Bonchev–Trinajstić information content (AvgIpc) is 3.68. The largest absolute Gasteiger partial charge is 0.496 e. The Morgan fingerprint density at radius 1 is 1.07 bits per heavy atom. The molecule has 0 aliphatic carbocycles. The number of halogens is 4. The van der Waals surface area contributed by atoms with Crippen LogP contribution in [0.2, 0.25) is 0 Å². The van der Waals surface area contributed by atoms with E-state index in [1.807, 2.05) is 0 Å². The molecular formula is C29H20F4N4O5S. The number of rotatable bonds is 8. The summed E-state index contributed by atoms with van der Waals surface area (Å²) >= 11 is 1.28. The quantitative estimate of drug-likeness (QED) is 0.181. The van der Waals surface area contributed by atoms with E-state index < -0.39 is 29.0 Å². The summed E-state index contributed by atoms with van der Waals surface area (Å²) in [6.07, 6.45) is -3.19. The molecule has 0 aliphatic rings. The average molecular weight is 613 g/mol. The smallest absolute Gasteiger partial charge is 0.417 e. The number of nitrogens with one attached hydrogen (secondary N) is 1. The van der Waals surface area contributed by atoms with Gasteiger partial charge in [-0.05, 0) is 47.2 Å². The highest BCUT2D eigenvalue weighted by Crippen LogP contribution is 2.38. The standard InChI is InChI=1S/C29H20F4N4O5S/c1-39-17-10-22(18-12-24(42-23(18)11-17)21-13-37-27(35-21)43-28(36-37)40-2)41-14-15-5-3-6-16(9-15)34-26(38)25-19(29(31,32)33)7-4-8-20(25)30/h3-13H,14H2,1-2H3,(H,34,38). The molecule has 220 valence electrons. The van der Waals surface area contributed by atoms with Crippen molar-refractivity contribution in [1.29, 1.82) is 0 Å². The van der Waals surface area contributed by atoms with E-state index in [1.54, 1.807) is 41.0 Å². The van der Waals surface area contributed by atoms with Crippen molar-refractivity contribution in [2.45, 2.75) is 12.8 Å². The highest BCUT2D eigenvalue weighted by Gasteiger charge is 2.36. The molecule has 9 nitrogen and oxygen atoms in total. The fourth-order valence-electron chi connectivity index (χ4n) is 4.41. The molecule has 3 aromatic heterocycles. The number of alkyl halides is 3. The molecule has 0 radical (unpaired) electrons. The molecular weight excluding hydrogens is 592 g/mol. The highest BCUT2D eigenvalue weighted by atomic mass is 32.1. The van der Waals surface area contributed by atoms with Gasteiger partial charge in [-0.15, -0.1) is 5.10 Å². The maximum atomic E-state index is 14.3. The molecule has 6 aromatic rings. The van der Waals surface area contributed by atoms with Crippen LogP contribution >= 0.6 is 11.3 Å². The second-order valence-corrected chi connectivity index (χ2v) is 10.1. The van der Waals surface area contributed by atoms with Gasteiger partial charge in [0.25, 0.3) is 11.1 Å². The van der Waals surface area contributed by atoms with E-state index in [9.17, 15) is 22.4 Å². The predicted octanol–water partition coefficient (Wildman–Crippen LogP) is 7.21. The van der Waals surface area contributed by atoms with Gasteiger partial charge < -0.3 is 23.9 Å². The molecule has 0 atom stereocenters. The van der Waals surface area contributed by atoms with Gasteiger partial charge in [-0.3, -0.25) is 4.79 Å².